The zero-order chi connectivity index (χ0) is 39.0. The molecule has 0 radical (unpaired) electrons. The van der Waals surface area contributed by atoms with Crippen molar-refractivity contribution in [2.75, 3.05) is 6.54 Å². The SMILES string of the molecule is CC(C)(C)NC(=O)[C@H]1CC[C@H]2CCCC[C@H]2N1C[C@@H]1C[C@H](c2ccc(CO)cc2)O[C@H](c2ccc(-c3ccccc3CN3C(=O)c4ccccc4C3=O)cc2)O1. The largest absolute Gasteiger partial charge is 0.392 e. The van der Waals surface area contributed by atoms with Gasteiger partial charge in [-0.05, 0) is 92.3 Å². The number of nitrogens with zero attached hydrogens (tertiary/aromatic N) is 2. The van der Waals surface area contributed by atoms with Gasteiger partial charge in [0, 0.05) is 30.1 Å². The van der Waals surface area contributed by atoms with Crippen LogP contribution in [0.3, 0.4) is 0 Å². The number of likely N-dealkylation sites (tertiary alicyclic amines) is 1. The fourth-order valence-corrected chi connectivity index (χ4v) is 9.31. The van der Waals surface area contributed by atoms with Gasteiger partial charge in [0.2, 0.25) is 5.91 Å². The van der Waals surface area contributed by atoms with Crippen LogP contribution in [0.25, 0.3) is 11.1 Å². The van der Waals surface area contributed by atoms with Gasteiger partial charge in [0.15, 0.2) is 6.29 Å². The van der Waals surface area contributed by atoms with Crippen molar-refractivity contribution >= 4 is 17.7 Å². The lowest BCUT2D eigenvalue weighted by Crippen LogP contribution is -2.61. The molecule has 0 spiro atoms. The number of aliphatic hydroxyl groups excluding tert-OH is 1. The van der Waals surface area contributed by atoms with E-state index in [0.717, 1.165) is 52.6 Å². The second-order valence-corrected chi connectivity index (χ2v) is 17.0. The normalized spacial score (nSPS) is 25.5. The predicted octanol–water partition coefficient (Wildman–Crippen LogP) is 8.13. The number of fused-ring (bicyclic) bond motifs is 2. The van der Waals surface area contributed by atoms with Crippen LogP contribution in [0.5, 0.6) is 0 Å². The summed E-state index contributed by atoms with van der Waals surface area (Å²) in [6, 6.07) is 31.1. The Morgan fingerprint density at radius 2 is 1.41 bits per heavy atom. The molecule has 3 amide bonds. The number of carbonyl (C=O) groups excluding carboxylic acids is 3. The van der Waals surface area contributed by atoms with Crippen molar-refractivity contribution in [2.24, 2.45) is 5.92 Å². The number of imide groups is 1. The van der Waals surface area contributed by atoms with Crippen LogP contribution < -0.4 is 5.32 Å². The molecule has 1 aliphatic carbocycles. The van der Waals surface area contributed by atoms with Crippen molar-refractivity contribution < 1.29 is 29.0 Å². The lowest BCUT2D eigenvalue weighted by molar-refractivity contribution is -0.255. The first-order valence-electron chi connectivity index (χ1n) is 20.3. The molecule has 3 fully saturated rings. The number of benzene rings is 4. The Hall–Kier alpha value is -4.67. The Kier molecular flexibility index (Phi) is 11.0. The van der Waals surface area contributed by atoms with E-state index < -0.39 is 6.29 Å². The molecule has 0 unspecified atom stereocenters. The molecule has 4 aliphatic rings. The van der Waals surface area contributed by atoms with Crippen LogP contribution in [0.4, 0.5) is 0 Å². The molecule has 4 aromatic rings. The van der Waals surface area contributed by atoms with Crippen LogP contribution in [-0.4, -0.2) is 62.9 Å². The summed E-state index contributed by atoms with van der Waals surface area (Å²) in [7, 11) is 0. The number of piperidine rings is 1. The number of amides is 3. The first-order valence-corrected chi connectivity index (χ1v) is 20.3. The molecule has 8 rings (SSSR count). The lowest BCUT2D eigenvalue weighted by Gasteiger charge is -2.50. The molecule has 0 aromatic heterocycles. The van der Waals surface area contributed by atoms with E-state index in [1.165, 1.54) is 24.2 Å². The van der Waals surface area contributed by atoms with Crippen molar-refractivity contribution in [2.45, 2.75) is 115 Å². The number of rotatable bonds is 9. The Morgan fingerprint density at radius 3 is 2.09 bits per heavy atom. The smallest absolute Gasteiger partial charge is 0.261 e. The summed E-state index contributed by atoms with van der Waals surface area (Å²) in [6.45, 7) is 6.91. The second-order valence-electron chi connectivity index (χ2n) is 17.0. The Bertz CT molecular complexity index is 2020. The maximum atomic E-state index is 13.9. The maximum absolute atomic E-state index is 13.9. The molecule has 292 valence electrons. The molecule has 9 heteroatoms. The van der Waals surface area contributed by atoms with Crippen LogP contribution in [-0.2, 0) is 27.4 Å². The molecule has 2 N–H and O–H groups in total. The van der Waals surface area contributed by atoms with Gasteiger partial charge in [-0.1, -0.05) is 97.8 Å². The zero-order valence-electron chi connectivity index (χ0n) is 32.7. The van der Waals surface area contributed by atoms with E-state index in [4.69, 9.17) is 9.47 Å². The third-order valence-corrected chi connectivity index (χ3v) is 12.1. The van der Waals surface area contributed by atoms with E-state index in [1.54, 1.807) is 24.3 Å². The van der Waals surface area contributed by atoms with Gasteiger partial charge >= 0.3 is 0 Å². The molecule has 0 bridgehead atoms. The molecule has 1 saturated carbocycles. The Morgan fingerprint density at radius 1 is 0.768 bits per heavy atom. The van der Waals surface area contributed by atoms with E-state index in [9.17, 15) is 19.5 Å². The van der Waals surface area contributed by atoms with Gasteiger partial charge in [-0.25, -0.2) is 0 Å². The average molecular weight is 756 g/mol. The van der Waals surface area contributed by atoms with Crippen molar-refractivity contribution in [1.29, 1.82) is 0 Å². The van der Waals surface area contributed by atoms with Crippen LogP contribution >= 0.6 is 0 Å². The van der Waals surface area contributed by atoms with Gasteiger partial charge in [-0.15, -0.1) is 0 Å². The molecular weight excluding hydrogens is 703 g/mol. The van der Waals surface area contributed by atoms with Crippen molar-refractivity contribution in [1.82, 2.24) is 15.1 Å². The fraction of sp³-hybridized carbons (Fsp3) is 0.426. The molecule has 56 heavy (non-hydrogen) atoms. The minimum Gasteiger partial charge on any atom is -0.392 e. The Labute approximate surface area is 330 Å². The van der Waals surface area contributed by atoms with Gasteiger partial charge < -0.3 is 19.9 Å². The minimum atomic E-state index is -0.646. The number of hydrogen-bond acceptors (Lipinski definition) is 7. The molecular formula is C47H53N3O6. The number of aliphatic hydroxyl groups is 1. The maximum Gasteiger partial charge on any atom is 0.261 e. The van der Waals surface area contributed by atoms with Crippen molar-refractivity contribution in [3.05, 3.63) is 130 Å². The highest BCUT2D eigenvalue weighted by atomic mass is 16.7. The van der Waals surface area contributed by atoms with Crippen LogP contribution in [0.1, 0.15) is 121 Å². The summed E-state index contributed by atoms with van der Waals surface area (Å²) in [4.78, 5) is 44.1. The molecule has 6 atom stereocenters. The highest BCUT2D eigenvalue weighted by Crippen LogP contribution is 2.42. The van der Waals surface area contributed by atoms with E-state index in [2.05, 4.69) is 10.2 Å². The quantitative estimate of drug-likeness (QED) is 0.166. The Balaban J connectivity index is 1.06. The molecule has 9 nitrogen and oxygen atoms in total. The van der Waals surface area contributed by atoms with Gasteiger partial charge in [0.25, 0.3) is 11.8 Å². The summed E-state index contributed by atoms with van der Waals surface area (Å²) in [5.41, 5.74) is 6.07. The average Bonchev–Trinajstić information content (AvgIpc) is 3.45. The predicted molar refractivity (Wildman–Crippen MR) is 214 cm³/mol. The summed E-state index contributed by atoms with van der Waals surface area (Å²) in [5.74, 6) is 0.136. The van der Waals surface area contributed by atoms with E-state index in [-0.39, 0.29) is 54.7 Å². The first-order chi connectivity index (χ1) is 27.1. The molecule has 2 saturated heterocycles. The van der Waals surface area contributed by atoms with E-state index >= 15 is 0 Å². The number of carbonyl (C=O) groups is 3. The van der Waals surface area contributed by atoms with Gasteiger partial charge in [-0.3, -0.25) is 24.2 Å². The second kappa shape index (κ2) is 16.1. The molecule has 4 aromatic carbocycles. The van der Waals surface area contributed by atoms with E-state index in [0.29, 0.717) is 36.1 Å². The minimum absolute atomic E-state index is 0.0243. The van der Waals surface area contributed by atoms with Crippen LogP contribution in [0.15, 0.2) is 97.1 Å². The summed E-state index contributed by atoms with van der Waals surface area (Å²) >= 11 is 0. The van der Waals surface area contributed by atoms with Crippen LogP contribution in [0, 0.1) is 5.92 Å². The monoisotopic (exact) mass is 755 g/mol. The third-order valence-electron chi connectivity index (χ3n) is 12.1. The van der Waals surface area contributed by atoms with Gasteiger partial charge in [0.05, 0.1) is 42.5 Å². The highest BCUT2D eigenvalue weighted by Gasteiger charge is 2.44. The standard InChI is InChI=1S/C47H53N3O6/c1-47(2,3)48-43(52)41-25-24-32-10-5-9-15-40(32)49(41)28-36-26-42(33-18-16-30(29-51)17-19-33)56-46(55-36)34-22-20-31(21-23-34)37-12-6-4-11-35(37)27-50-44(53)38-13-7-8-14-39(38)45(50)54/h4,6-8,11-14,16-23,32,36,40-42,46,51H,5,9-10,15,24-29H2,1-3H3,(H,48,52)/t32-,36+,40-,41-,42-,46-/m1/s1. The number of nitrogens with one attached hydrogen (secondary N) is 1. The van der Waals surface area contributed by atoms with Crippen LogP contribution in [0.2, 0.25) is 0 Å². The van der Waals surface area contributed by atoms with Crippen molar-refractivity contribution in [3.63, 3.8) is 0 Å². The zero-order valence-corrected chi connectivity index (χ0v) is 32.7. The fourth-order valence-electron chi connectivity index (χ4n) is 9.31. The number of hydrogen-bond donors (Lipinski definition) is 2. The number of ether oxygens (including phenoxy) is 2. The summed E-state index contributed by atoms with van der Waals surface area (Å²) in [5, 5.41) is 13.0. The summed E-state index contributed by atoms with van der Waals surface area (Å²) < 4.78 is 13.6. The first kappa shape index (κ1) is 38.2. The molecule has 3 heterocycles. The van der Waals surface area contributed by atoms with E-state index in [1.807, 2.05) is 93.6 Å². The van der Waals surface area contributed by atoms with Gasteiger partial charge in [0.1, 0.15) is 0 Å². The lowest BCUT2D eigenvalue weighted by atomic mass is 9.75. The highest BCUT2D eigenvalue weighted by molar-refractivity contribution is 6.21. The topological polar surface area (TPSA) is 108 Å². The van der Waals surface area contributed by atoms with Gasteiger partial charge in [-0.2, -0.15) is 0 Å². The van der Waals surface area contributed by atoms with Crippen molar-refractivity contribution in [3.8, 4) is 11.1 Å². The third kappa shape index (κ3) is 7.96. The summed E-state index contributed by atoms with van der Waals surface area (Å²) in [6.07, 6.45) is 6.20. The molecule has 3 aliphatic heterocycles.